The summed E-state index contributed by atoms with van der Waals surface area (Å²) in [5.74, 6) is -3.21. The molecule has 1 aromatic carbocycles. The van der Waals surface area contributed by atoms with Gasteiger partial charge in [0, 0.05) is 18.2 Å². The molecular weight excluding hydrogens is 459 g/mol. The number of amides is 2. The number of halogens is 4. The molecule has 1 saturated heterocycles. The lowest BCUT2D eigenvalue weighted by molar-refractivity contribution is -0.169. The maximum atomic E-state index is 13.5. The number of allylic oxidation sites excluding steroid dienone is 1. The Morgan fingerprint density at radius 2 is 1.97 bits per heavy atom. The lowest BCUT2D eigenvalue weighted by Gasteiger charge is -2.27. The molecule has 11 heteroatoms. The van der Waals surface area contributed by atoms with Crippen molar-refractivity contribution in [2.75, 3.05) is 23.3 Å². The summed E-state index contributed by atoms with van der Waals surface area (Å²) in [5.41, 5.74) is 0.108. The number of aromatic nitrogens is 1. The van der Waals surface area contributed by atoms with E-state index in [2.05, 4.69) is 15.6 Å². The number of nitrogens with one attached hydrogen (secondary N) is 2. The van der Waals surface area contributed by atoms with E-state index < -0.39 is 12.1 Å². The number of carbonyl (C=O) groups excluding carboxylic acids is 2. The van der Waals surface area contributed by atoms with Crippen molar-refractivity contribution in [1.29, 1.82) is 5.26 Å². The molecule has 0 radical (unpaired) electrons. The molecule has 0 aliphatic carbocycles. The first kappa shape index (κ1) is 24.2. The molecule has 2 heterocycles. The molecule has 2 N–H and O–H groups in total. The van der Waals surface area contributed by atoms with Crippen molar-refractivity contribution in [3.63, 3.8) is 0 Å². The van der Waals surface area contributed by atoms with Crippen LogP contribution in [0.5, 0.6) is 0 Å². The number of nitrogens with zero attached hydrogens (tertiary/aromatic N) is 3. The Morgan fingerprint density at radius 1 is 1.24 bits per heavy atom. The highest BCUT2D eigenvalue weighted by molar-refractivity contribution is 6.30. The first-order chi connectivity index (χ1) is 15.7. The second-order valence-corrected chi connectivity index (χ2v) is 7.66. The van der Waals surface area contributed by atoms with E-state index in [1.54, 1.807) is 6.07 Å². The van der Waals surface area contributed by atoms with Crippen molar-refractivity contribution in [2.45, 2.75) is 19.0 Å². The van der Waals surface area contributed by atoms with Crippen LogP contribution in [0.2, 0.25) is 5.02 Å². The molecule has 1 aliphatic heterocycles. The van der Waals surface area contributed by atoms with Gasteiger partial charge in [-0.15, -0.1) is 0 Å². The van der Waals surface area contributed by atoms with Crippen LogP contribution in [-0.2, 0) is 9.59 Å². The standard InChI is InChI=1S/C22H19ClF3N5O2/c23-16-4-6-19(29-13-16)31(21(33)22(24,25)26)18-12-14(2-1-9-27)3-5-17(18)30-20(32)15-7-10-28-11-8-15/h1-6,12-13,15,28H,7-8,10-11H2,(H,30,32)/b2-1-. The molecule has 172 valence electrons. The number of carbonyl (C=O) groups is 2. The minimum Gasteiger partial charge on any atom is -0.324 e. The second-order valence-electron chi connectivity index (χ2n) is 7.23. The third-order valence-electron chi connectivity index (χ3n) is 4.97. The lowest BCUT2D eigenvalue weighted by atomic mass is 9.97. The van der Waals surface area contributed by atoms with Crippen LogP contribution in [0.25, 0.3) is 6.08 Å². The van der Waals surface area contributed by atoms with Gasteiger partial charge in [-0.3, -0.25) is 14.5 Å². The Bertz CT molecular complexity index is 1090. The van der Waals surface area contributed by atoms with Gasteiger partial charge in [0.15, 0.2) is 0 Å². The summed E-state index contributed by atoms with van der Waals surface area (Å²) in [4.78, 5) is 29.5. The average molecular weight is 478 g/mol. The number of benzene rings is 1. The Labute approximate surface area is 192 Å². The largest absolute Gasteiger partial charge is 0.472 e. The average Bonchev–Trinajstić information content (AvgIpc) is 2.80. The number of anilines is 3. The van der Waals surface area contributed by atoms with Gasteiger partial charge < -0.3 is 10.6 Å². The van der Waals surface area contributed by atoms with Crippen molar-refractivity contribution in [1.82, 2.24) is 10.3 Å². The van der Waals surface area contributed by atoms with E-state index in [4.69, 9.17) is 16.9 Å². The van der Waals surface area contributed by atoms with E-state index in [0.717, 1.165) is 12.3 Å². The highest BCUT2D eigenvalue weighted by Crippen LogP contribution is 2.37. The molecule has 0 atom stereocenters. The molecule has 1 fully saturated rings. The van der Waals surface area contributed by atoms with Crippen LogP contribution >= 0.6 is 11.6 Å². The van der Waals surface area contributed by atoms with Gasteiger partial charge in [0.25, 0.3) is 0 Å². The summed E-state index contributed by atoms with van der Waals surface area (Å²) < 4.78 is 40.6. The van der Waals surface area contributed by atoms with Gasteiger partial charge in [0.1, 0.15) is 5.82 Å². The number of hydrogen-bond acceptors (Lipinski definition) is 5. The van der Waals surface area contributed by atoms with Crippen LogP contribution in [0.3, 0.4) is 0 Å². The van der Waals surface area contributed by atoms with Crippen LogP contribution in [0.4, 0.5) is 30.4 Å². The van der Waals surface area contributed by atoms with E-state index in [0.29, 0.717) is 36.4 Å². The highest BCUT2D eigenvalue weighted by Gasteiger charge is 2.45. The minimum atomic E-state index is -5.23. The zero-order chi connectivity index (χ0) is 24.0. The summed E-state index contributed by atoms with van der Waals surface area (Å²) in [6.07, 6.45) is -0.450. The number of alkyl halides is 3. The number of hydrogen-bond donors (Lipinski definition) is 2. The summed E-state index contributed by atoms with van der Waals surface area (Å²) >= 11 is 5.81. The van der Waals surface area contributed by atoms with Crippen molar-refractivity contribution in [3.05, 3.63) is 53.2 Å². The van der Waals surface area contributed by atoms with Crippen LogP contribution in [0.1, 0.15) is 18.4 Å². The molecule has 0 spiro atoms. The van der Waals surface area contributed by atoms with Gasteiger partial charge in [0.05, 0.1) is 22.5 Å². The molecule has 1 aliphatic rings. The monoisotopic (exact) mass is 477 g/mol. The molecule has 7 nitrogen and oxygen atoms in total. The summed E-state index contributed by atoms with van der Waals surface area (Å²) in [5, 5.41) is 14.8. The number of pyridine rings is 1. The molecular formula is C22H19ClF3N5O2. The maximum absolute atomic E-state index is 13.5. The summed E-state index contributed by atoms with van der Waals surface area (Å²) in [6, 6.07) is 8.43. The van der Waals surface area contributed by atoms with E-state index in [1.807, 2.05) is 0 Å². The van der Waals surface area contributed by atoms with Crippen molar-refractivity contribution < 1.29 is 22.8 Å². The van der Waals surface area contributed by atoms with E-state index >= 15 is 0 Å². The Kier molecular flexibility index (Phi) is 7.68. The van der Waals surface area contributed by atoms with Crippen LogP contribution in [-0.4, -0.2) is 36.1 Å². The molecule has 0 unspecified atom stereocenters. The van der Waals surface area contributed by atoms with Gasteiger partial charge in [-0.25, -0.2) is 4.98 Å². The molecule has 1 aromatic heterocycles. The predicted molar refractivity (Wildman–Crippen MR) is 118 cm³/mol. The van der Waals surface area contributed by atoms with Gasteiger partial charge in [-0.05, 0) is 61.8 Å². The quantitative estimate of drug-likeness (QED) is 0.620. The second kappa shape index (κ2) is 10.5. The van der Waals surface area contributed by atoms with Crippen LogP contribution in [0.15, 0.2) is 42.6 Å². The molecule has 2 aromatic rings. The Morgan fingerprint density at radius 3 is 2.58 bits per heavy atom. The van der Waals surface area contributed by atoms with Crippen LogP contribution < -0.4 is 15.5 Å². The molecule has 2 amide bonds. The van der Waals surface area contributed by atoms with E-state index in [-0.39, 0.29) is 34.0 Å². The summed E-state index contributed by atoms with van der Waals surface area (Å²) in [7, 11) is 0. The zero-order valence-electron chi connectivity index (χ0n) is 17.2. The van der Waals surface area contributed by atoms with E-state index in [9.17, 15) is 22.8 Å². The fraction of sp³-hybridized carbons (Fsp3) is 0.273. The van der Waals surface area contributed by atoms with Gasteiger partial charge >= 0.3 is 12.1 Å². The molecule has 0 bridgehead atoms. The topological polar surface area (TPSA) is 98.1 Å². The fourth-order valence-electron chi connectivity index (χ4n) is 3.36. The zero-order valence-corrected chi connectivity index (χ0v) is 18.0. The normalized spacial score (nSPS) is 14.6. The van der Waals surface area contributed by atoms with E-state index in [1.165, 1.54) is 36.4 Å². The van der Waals surface area contributed by atoms with Crippen molar-refractivity contribution in [3.8, 4) is 6.07 Å². The molecule has 0 saturated carbocycles. The number of nitriles is 1. The van der Waals surface area contributed by atoms with Gasteiger partial charge in [0.2, 0.25) is 5.91 Å². The maximum Gasteiger partial charge on any atom is 0.472 e. The predicted octanol–water partition coefficient (Wildman–Crippen LogP) is 4.44. The third-order valence-corrected chi connectivity index (χ3v) is 5.19. The first-order valence-corrected chi connectivity index (χ1v) is 10.3. The van der Waals surface area contributed by atoms with Crippen LogP contribution in [0, 0.1) is 17.2 Å². The third kappa shape index (κ3) is 6.09. The Hall–Kier alpha value is -3.42. The lowest BCUT2D eigenvalue weighted by Crippen LogP contribution is -2.39. The van der Waals surface area contributed by atoms with Crippen molar-refractivity contribution >= 4 is 46.7 Å². The van der Waals surface area contributed by atoms with Crippen molar-refractivity contribution in [2.24, 2.45) is 5.92 Å². The molecule has 33 heavy (non-hydrogen) atoms. The van der Waals surface area contributed by atoms with Gasteiger partial charge in [-0.2, -0.15) is 18.4 Å². The number of piperidine rings is 1. The first-order valence-electron chi connectivity index (χ1n) is 9.95. The fourth-order valence-corrected chi connectivity index (χ4v) is 3.47. The Balaban J connectivity index is 2.11. The SMILES string of the molecule is N#C/C=C\c1ccc(NC(=O)C2CCNCC2)c(N(C(=O)C(F)(F)F)c2ccc(Cl)cn2)c1. The van der Waals surface area contributed by atoms with Gasteiger partial charge in [-0.1, -0.05) is 17.7 Å². The highest BCUT2D eigenvalue weighted by atomic mass is 35.5. The number of rotatable bonds is 5. The smallest absolute Gasteiger partial charge is 0.324 e. The summed E-state index contributed by atoms with van der Waals surface area (Å²) in [6.45, 7) is 1.30. The minimum absolute atomic E-state index is 0.00184. The molecule has 3 rings (SSSR count).